The van der Waals surface area contributed by atoms with E-state index in [0.717, 1.165) is 65.0 Å². The number of allylic oxidation sites excluding steroid dienone is 2. The van der Waals surface area contributed by atoms with Gasteiger partial charge < -0.3 is 9.47 Å². The lowest BCUT2D eigenvalue weighted by molar-refractivity contribution is -0.121. The van der Waals surface area contributed by atoms with Crippen molar-refractivity contribution in [2.45, 2.75) is 38.6 Å². The van der Waals surface area contributed by atoms with Crippen LogP contribution in [-0.4, -0.2) is 40.1 Å². The summed E-state index contributed by atoms with van der Waals surface area (Å²) < 4.78 is 2.35. The monoisotopic (exact) mass is 437 g/mol. The maximum atomic E-state index is 12.2. The van der Waals surface area contributed by atoms with Gasteiger partial charge in [-0.3, -0.25) is 14.8 Å². The van der Waals surface area contributed by atoms with Crippen molar-refractivity contribution in [2.24, 2.45) is 10.9 Å². The van der Waals surface area contributed by atoms with Gasteiger partial charge in [0.05, 0.1) is 29.3 Å². The van der Waals surface area contributed by atoms with E-state index < -0.39 is 0 Å². The lowest BCUT2D eigenvalue weighted by Crippen LogP contribution is -2.23. The summed E-state index contributed by atoms with van der Waals surface area (Å²) in [6.45, 7) is 3.56. The molecule has 0 bridgehead atoms. The number of rotatable bonds is 2. The fourth-order valence-corrected chi connectivity index (χ4v) is 5.43. The molecule has 1 unspecified atom stereocenters. The number of benzene rings is 1. The fourth-order valence-electron chi connectivity index (χ4n) is 5.43. The summed E-state index contributed by atoms with van der Waals surface area (Å²) >= 11 is 0. The Labute approximate surface area is 193 Å². The van der Waals surface area contributed by atoms with Crippen LogP contribution in [0.1, 0.15) is 36.7 Å². The third kappa shape index (κ3) is 3.41. The fraction of sp³-hybridized carbons (Fsp3) is 0.333. The standard InChI is InChI=1S/C27H27N5O/c1-17-5-3-7-23(29-17)25-26(19-8-11-22-24(16-19)31(2)14-12-28-22)32-13-4-6-18-15-20(33)9-10-21(18)27(32)30-25/h3-8,11-12,16,18,21H,9-10,13-15H2,1-2H3/t18-,21?/m0/s1. The molecule has 0 spiro atoms. The van der Waals surface area contributed by atoms with E-state index in [1.807, 2.05) is 31.3 Å². The summed E-state index contributed by atoms with van der Waals surface area (Å²) in [6, 6.07) is 12.6. The van der Waals surface area contributed by atoms with Crippen molar-refractivity contribution >= 4 is 23.4 Å². The molecule has 33 heavy (non-hydrogen) atoms. The van der Waals surface area contributed by atoms with Crippen molar-refractivity contribution < 1.29 is 4.79 Å². The SMILES string of the molecule is Cc1cccc(-c2nc3n(c2-c2ccc4c(c2)N(C)CC=N4)CC=C[C@H]2CC(=O)CCC32)n1. The molecule has 0 N–H and O–H groups in total. The highest BCUT2D eigenvalue weighted by Gasteiger charge is 2.35. The van der Waals surface area contributed by atoms with Gasteiger partial charge >= 0.3 is 0 Å². The number of Topliss-reactive ketones (excluding diaryl/α,β-unsaturated/α-hetero) is 1. The molecule has 2 aromatic heterocycles. The zero-order chi connectivity index (χ0) is 22.5. The molecule has 2 atom stereocenters. The van der Waals surface area contributed by atoms with Gasteiger partial charge in [-0.25, -0.2) is 4.98 Å². The minimum Gasteiger partial charge on any atom is -0.368 e. The summed E-state index contributed by atoms with van der Waals surface area (Å²) in [5.41, 5.74) is 7.11. The number of aromatic nitrogens is 3. The van der Waals surface area contributed by atoms with Crippen LogP contribution in [0.4, 0.5) is 11.4 Å². The molecule has 1 aliphatic carbocycles. The number of carbonyl (C=O) groups excluding carboxylic acids is 1. The van der Waals surface area contributed by atoms with Gasteiger partial charge in [-0.1, -0.05) is 24.3 Å². The van der Waals surface area contributed by atoms with Crippen molar-refractivity contribution in [3.63, 3.8) is 0 Å². The highest BCUT2D eigenvalue weighted by molar-refractivity contribution is 5.87. The number of anilines is 1. The molecular weight excluding hydrogens is 410 g/mol. The first-order chi connectivity index (χ1) is 16.1. The average Bonchev–Trinajstić information content (AvgIpc) is 3.09. The maximum Gasteiger partial charge on any atom is 0.133 e. The summed E-state index contributed by atoms with van der Waals surface area (Å²) in [5.74, 6) is 1.92. The van der Waals surface area contributed by atoms with E-state index in [9.17, 15) is 4.79 Å². The number of imidazole rings is 1. The Kier molecular flexibility index (Phi) is 4.75. The van der Waals surface area contributed by atoms with Crippen LogP contribution < -0.4 is 4.90 Å². The number of ketones is 1. The third-order valence-corrected chi connectivity index (χ3v) is 7.09. The minimum absolute atomic E-state index is 0.227. The Morgan fingerprint density at radius 3 is 2.88 bits per heavy atom. The van der Waals surface area contributed by atoms with E-state index >= 15 is 0 Å². The van der Waals surface area contributed by atoms with E-state index in [4.69, 9.17) is 9.97 Å². The van der Waals surface area contributed by atoms with E-state index in [0.29, 0.717) is 18.6 Å². The Morgan fingerprint density at radius 1 is 1.09 bits per heavy atom. The molecular formula is C27H27N5O. The van der Waals surface area contributed by atoms with Crippen LogP contribution in [-0.2, 0) is 11.3 Å². The summed E-state index contributed by atoms with van der Waals surface area (Å²) in [6.07, 6.45) is 8.50. The third-order valence-electron chi connectivity index (χ3n) is 7.09. The van der Waals surface area contributed by atoms with Gasteiger partial charge in [-0.2, -0.15) is 0 Å². The summed E-state index contributed by atoms with van der Waals surface area (Å²) in [5, 5.41) is 0. The number of fused-ring (bicyclic) bond motifs is 4. The second-order valence-electron chi connectivity index (χ2n) is 9.32. The predicted molar refractivity (Wildman–Crippen MR) is 131 cm³/mol. The topological polar surface area (TPSA) is 63.4 Å². The molecule has 166 valence electrons. The minimum atomic E-state index is 0.227. The average molecular weight is 438 g/mol. The number of hydrogen-bond donors (Lipinski definition) is 0. The lowest BCUT2D eigenvalue weighted by Gasteiger charge is -2.27. The van der Waals surface area contributed by atoms with Crippen LogP contribution in [0, 0.1) is 12.8 Å². The first-order valence-corrected chi connectivity index (χ1v) is 11.7. The van der Waals surface area contributed by atoms with Crippen molar-refractivity contribution in [3.8, 4) is 22.6 Å². The molecule has 3 aliphatic rings. The van der Waals surface area contributed by atoms with Gasteiger partial charge in [0.1, 0.15) is 17.3 Å². The quantitative estimate of drug-likeness (QED) is 0.524. The van der Waals surface area contributed by atoms with Gasteiger partial charge in [0.25, 0.3) is 0 Å². The Morgan fingerprint density at radius 2 is 2.00 bits per heavy atom. The first kappa shape index (κ1) is 20.1. The van der Waals surface area contributed by atoms with Crippen molar-refractivity contribution in [1.82, 2.24) is 14.5 Å². The van der Waals surface area contributed by atoms with Crippen molar-refractivity contribution in [3.05, 3.63) is 60.1 Å². The molecule has 4 heterocycles. The van der Waals surface area contributed by atoms with Gasteiger partial charge in [0.2, 0.25) is 0 Å². The van der Waals surface area contributed by atoms with E-state index in [-0.39, 0.29) is 11.8 Å². The molecule has 0 saturated heterocycles. The van der Waals surface area contributed by atoms with Gasteiger partial charge in [-0.15, -0.1) is 0 Å². The number of carbonyl (C=O) groups is 1. The van der Waals surface area contributed by atoms with Gasteiger partial charge in [0.15, 0.2) is 0 Å². The number of hydrogen-bond acceptors (Lipinski definition) is 5. The zero-order valence-electron chi connectivity index (χ0n) is 19.0. The Hall–Kier alpha value is -3.54. The van der Waals surface area contributed by atoms with E-state index in [2.05, 4.69) is 51.9 Å². The van der Waals surface area contributed by atoms with Crippen LogP contribution in [0.3, 0.4) is 0 Å². The molecule has 1 saturated carbocycles. The molecule has 1 fully saturated rings. The van der Waals surface area contributed by atoms with Gasteiger partial charge in [0, 0.05) is 49.8 Å². The first-order valence-electron chi connectivity index (χ1n) is 11.7. The van der Waals surface area contributed by atoms with Gasteiger partial charge in [-0.05, 0) is 43.5 Å². The molecule has 0 radical (unpaired) electrons. The molecule has 2 aliphatic heterocycles. The summed E-state index contributed by atoms with van der Waals surface area (Å²) in [4.78, 5) is 29.1. The van der Waals surface area contributed by atoms with E-state index in [1.165, 1.54) is 0 Å². The molecule has 3 aromatic rings. The summed E-state index contributed by atoms with van der Waals surface area (Å²) in [7, 11) is 2.10. The molecule has 0 amide bonds. The highest BCUT2D eigenvalue weighted by Crippen LogP contribution is 2.44. The largest absolute Gasteiger partial charge is 0.368 e. The van der Waals surface area contributed by atoms with Crippen LogP contribution >= 0.6 is 0 Å². The highest BCUT2D eigenvalue weighted by atomic mass is 16.1. The number of aliphatic imine (C=N–C) groups is 1. The molecule has 6 heteroatoms. The van der Waals surface area contributed by atoms with Crippen LogP contribution in [0.5, 0.6) is 0 Å². The molecule has 6 rings (SSSR count). The zero-order valence-corrected chi connectivity index (χ0v) is 19.0. The lowest BCUT2D eigenvalue weighted by atomic mass is 9.78. The number of pyridine rings is 1. The second kappa shape index (κ2) is 7.80. The number of nitrogens with zero attached hydrogens (tertiary/aromatic N) is 5. The maximum absolute atomic E-state index is 12.2. The molecule has 1 aromatic carbocycles. The Bertz CT molecular complexity index is 1320. The van der Waals surface area contributed by atoms with Crippen molar-refractivity contribution in [1.29, 1.82) is 0 Å². The number of aryl methyl sites for hydroxylation is 1. The Balaban J connectivity index is 1.58. The van der Waals surface area contributed by atoms with E-state index in [1.54, 1.807) is 0 Å². The predicted octanol–water partition coefficient (Wildman–Crippen LogP) is 5.10. The van der Waals surface area contributed by atoms with Crippen LogP contribution in [0.15, 0.2) is 53.5 Å². The second-order valence-corrected chi connectivity index (χ2v) is 9.32. The molecule has 6 nitrogen and oxygen atoms in total. The van der Waals surface area contributed by atoms with Crippen LogP contribution in [0.25, 0.3) is 22.6 Å². The normalized spacial score (nSPS) is 21.4. The van der Waals surface area contributed by atoms with Crippen molar-refractivity contribution in [2.75, 3.05) is 18.5 Å². The van der Waals surface area contributed by atoms with Crippen LogP contribution in [0.2, 0.25) is 0 Å². The smallest absolute Gasteiger partial charge is 0.133 e.